The van der Waals surface area contributed by atoms with Crippen LogP contribution in [0, 0.1) is 0 Å². The molecule has 0 saturated carbocycles. The first-order chi connectivity index (χ1) is 13.9. The van der Waals surface area contributed by atoms with Gasteiger partial charge in [-0.1, -0.05) is 24.3 Å². The summed E-state index contributed by atoms with van der Waals surface area (Å²) < 4.78 is 9.89. The molecule has 0 aliphatic carbocycles. The number of ether oxygens (including phenoxy) is 2. The van der Waals surface area contributed by atoms with E-state index in [0.717, 1.165) is 5.56 Å². The van der Waals surface area contributed by atoms with Crippen LogP contribution in [0.1, 0.15) is 15.9 Å². The second-order valence-corrected chi connectivity index (χ2v) is 5.63. The zero-order chi connectivity index (χ0) is 21.2. The fraction of sp³-hybridized carbons (Fsp3) is 0.100. The monoisotopic (exact) mass is 397 g/mol. The van der Waals surface area contributed by atoms with E-state index in [1.54, 1.807) is 54.9 Å². The van der Waals surface area contributed by atoms with Crippen LogP contribution in [0.15, 0.2) is 54.6 Å². The molecule has 0 atom stereocenters. The number of methoxy groups -OCH3 is 1. The molecule has 0 fully saturated rings. The molecular formula is C20H19N3O6. The SMILES string of the molecule is COc1ccc(/C=C/C(=O)Nc2ccccc2C(=O)OCC(=O)NC(N)=O)cc1. The molecule has 0 unspecified atom stereocenters. The molecule has 0 aliphatic rings. The lowest BCUT2D eigenvalue weighted by atomic mass is 10.1. The van der Waals surface area contributed by atoms with Crippen molar-refractivity contribution in [1.82, 2.24) is 5.32 Å². The molecule has 0 bridgehead atoms. The van der Waals surface area contributed by atoms with Gasteiger partial charge in [-0.2, -0.15) is 0 Å². The second-order valence-electron chi connectivity index (χ2n) is 5.63. The van der Waals surface area contributed by atoms with Crippen LogP contribution in [0.2, 0.25) is 0 Å². The number of esters is 1. The van der Waals surface area contributed by atoms with Crippen molar-refractivity contribution in [2.45, 2.75) is 0 Å². The van der Waals surface area contributed by atoms with Gasteiger partial charge in [0.15, 0.2) is 6.61 Å². The minimum atomic E-state index is -1.05. The molecule has 2 aromatic carbocycles. The van der Waals surface area contributed by atoms with Gasteiger partial charge in [-0.25, -0.2) is 9.59 Å². The summed E-state index contributed by atoms with van der Waals surface area (Å²) in [5.41, 5.74) is 5.84. The largest absolute Gasteiger partial charge is 0.497 e. The Morgan fingerprint density at radius 2 is 1.72 bits per heavy atom. The molecular weight excluding hydrogens is 378 g/mol. The molecule has 2 rings (SSSR count). The Bertz CT molecular complexity index is 937. The Balaban J connectivity index is 2.00. The van der Waals surface area contributed by atoms with E-state index >= 15 is 0 Å². The highest BCUT2D eigenvalue weighted by Crippen LogP contribution is 2.17. The highest BCUT2D eigenvalue weighted by molar-refractivity contribution is 6.06. The Hall–Kier alpha value is -4.14. The molecule has 0 aromatic heterocycles. The van der Waals surface area contributed by atoms with E-state index in [9.17, 15) is 19.2 Å². The van der Waals surface area contributed by atoms with E-state index in [1.807, 2.05) is 0 Å². The van der Waals surface area contributed by atoms with Crippen molar-refractivity contribution in [1.29, 1.82) is 0 Å². The zero-order valence-corrected chi connectivity index (χ0v) is 15.5. The lowest BCUT2D eigenvalue weighted by molar-refractivity contribution is -0.123. The van der Waals surface area contributed by atoms with Crippen molar-refractivity contribution in [3.63, 3.8) is 0 Å². The number of imide groups is 1. The molecule has 4 amide bonds. The van der Waals surface area contributed by atoms with Crippen molar-refractivity contribution in [2.24, 2.45) is 5.73 Å². The summed E-state index contributed by atoms with van der Waals surface area (Å²) >= 11 is 0. The number of urea groups is 1. The lowest BCUT2D eigenvalue weighted by Gasteiger charge is -2.09. The number of carbonyl (C=O) groups excluding carboxylic acids is 4. The maximum absolute atomic E-state index is 12.2. The smallest absolute Gasteiger partial charge is 0.340 e. The Morgan fingerprint density at radius 1 is 1.03 bits per heavy atom. The molecule has 4 N–H and O–H groups in total. The van der Waals surface area contributed by atoms with Crippen LogP contribution in [-0.4, -0.2) is 37.5 Å². The average molecular weight is 397 g/mol. The van der Waals surface area contributed by atoms with Crippen molar-refractivity contribution < 1.29 is 28.7 Å². The van der Waals surface area contributed by atoms with Gasteiger partial charge in [0.25, 0.3) is 5.91 Å². The van der Waals surface area contributed by atoms with Gasteiger partial charge in [-0.05, 0) is 35.9 Å². The zero-order valence-electron chi connectivity index (χ0n) is 15.5. The number of hydrogen-bond donors (Lipinski definition) is 3. The van der Waals surface area contributed by atoms with Crippen LogP contribution in [0.3, 0.4) is 0 Å². The number of amides is 4. The minimum absolute atomic E-state index is 0.0468. The molecule has 2 aromatic rings. The van der Waals surface area contributed by atoms with Crippen LogP contribution in [0.5, 0.6) is 5.75 Å². The van der Waals surface area contributed by atoms with Gasteiger partial charge in [0.2, 0.25) is 5.91 Å². The summed E-state index contributed by atoms with van der Waals surface area (Å²) in [5, 5.41) is 4.35. The first kappa shape index (κ1) is 21.2. The number of benzene rings is 2. The van der Waals surface area contributed by atoms with E-state index in [2.05, 4.69) is 5.32 Å². The average Bonchev–Trinajstić information content (AvgIpc) is 2.71. The first-order valence-electron chi connectivity index (χ1n) is 8.37. The highest BCUT2D eigenvalue weighted by atomic mass is 16.5. The van der Waals surface area contributed by atoms with E-state index in [0.29, 0.717) is 5.75 Å². The summed E-state index contributed by atoms with van der Waals surface area (Å²) in [6, 6.07) is 12.2. The van der Waals surface area contributed by atoms with Gasteiger partial charge in [-0.3, -0.25) is 14.9 Å². The van der Waals surface area contributed by atoms with Crippen LogP contribution < -0.4 is 21.1 Å². The topological polar surface area (TPSA) is 137 Å². The number of carbonyl (C=O) groups is 4. The standard InChI is InChI=1S/C20H19N3O6/c1-28-14-9-6-13(7-10-14)8-11-17(24)22-16-5-3-2-4-15(16)19(26)29-12-18(25)23-20(21)27/h2-11H,12H2,1H3,(H,22,24)(H3,21,23,25,27)/b11-8+. The van der Waals surface area contributed by atoms with Crippen LogP contribution in [-0.2, 0) is 14.3 Å². The summed E-state index contributed by atoms with van der Waals surface area (Å²) in [4.78, 5) is 46.3. The highest BCUT2D eigenvalue weighted by Gasteiger charge is 2.15. The molecule has 9 heteroatoms. The van der Waals surface area contributed by atoms with Gasteiger partial charge in [0, 0.05) is 6.08 Å². The molecule has 0 saturated heterocycles. The molecule has 0 aliphatic heterocycles. The number of primary amides is 1. The van der Waals surface area contributed by atoms with E-state index in [-0.39, 0.29) is 11.3 Å². The van der Waals surface area contributed by atoms with Crippen molar-refractivity contribution in [3.05, 3.63) is 65.7 Å². The summed E-state index contributed by atoms with van der Waals surface area (Å²) in [6.45, 7) is -0.693. The molecule has 0 radical (unpaired) electrons. The number of anilines is 1. The maximum atomic E-state index is 12.2. The van der Waals surface area contributed by atoms with E-state index in [1.165, 1.54) is 18.2 Å². The van der Waals surface area contributed by atoms with Crippen molar-refractivity contribution in [2.75, 3.05) is 19.0 Å². The second kappa shape index (κ2) is 10.3. The van der Waals surface area contributed by atoms with Gasteiger partial charge in [0.05, 0.1) is 18.4 Å². The van der Waals surface area contributed by atoms with E-state index < -0.39 is 30.4 Å². The summed E-state index contributed by atoms with van der Waals surface area (Å²) in [5.74, 6) is -1.48. The summed E-state index contributed by atoms with van der Waals surface area (Å²) in [6.07, 6.45) is 2.91. The van der Waals surface area contributed by atoms with Crippen LogP contribution in [0.25, 0.3) is 6.08 Å². The van der Waals surface area contributed by atoms with Gasteiger partial charge < -0.3 is 20.5 Å². The third kappa shape index (κ3) is 6.83. The number of nitrogens with one attached hydrogen (secondary N) is 2. The third-order valence-electron chi connectivity index (χ3n) is 3.54. The van der Waals surface area contributed by atoms with Crippen molar-refractivity contribution >= 4 is 35.6 Å². The first-order valence-corrected chi connectivity index (χ1v) is 8.37. The van der Waals surface area contributed by atoms with Gasteiger partial charge in [-0.15, -0.1) is 0 Å². The maximum Gasteiger partial charge on any atom is 0.340 e. The number of para-hydroxylation sites is 1. The van der Waals surface area contributed by atoms with Gasteiger partial charge in [0.1, 0.15) is 5.75 Å². The molecule has 29 heavy (non-hydrogen) atoms. The Morgan fingerprint density at radius 3 is 2.38 bits per heavy atom. The fourth-order valence-corrected chi connectivity index (χ4v) is 2.21. The molecule has 150 valence electrons. The number of nitrogens with two attached hydrogens (primary N) is 1. The number of rotatable bonds is 7. The quantitative estimate of drug-likeness (QED) is 0.480. The summed E-state index contributed by atoms with van der Waals surface area (Å²) in [7, 11) is 1.56. The molecule has 0 spiro atoms. The van der Waals surface area contributed by atoms with E-state index in [4.69, 9.17) is 15.2 Å². The molecule has 0 heterocycles. The van der Waals surface area contributed by atoms with Crippen LogP contribution in [0.4, 0.5) is 10.5 Å². The molecule has 9 nitrogen and oxygen atoms in total. The normalized spacial score (nSPS) is 10.2. The predicted octanol–water partition coefficient (Wildman–Crippen LogP) is 1.70. The Kier molecular flexibility index (Phi) is 7.49. The van der Waals surface area contributed by atoms with Crippen LogP contribution >= 0.6 is 0 Å². The predicted molar refractivity (Wildman–Crippen MR) is 105 cm³/mol. The van der Waals surface area contributed by atoms with Crippen molar-refractivity contribution in [3.8, 4) is 5.75 Å². The third-order valence-corrected chi connectivity index (χ3v) is 3.54. The Labute approximate surface area is 166 Å². The lowest BCUT2D eigenvalue weighted by Crippen LogP contribution is -2.37. The van der Waals surface area contributed by atoms with Gasteiger partial charge >= 0.3 is 12.0 Å². The minimum Gasteiger partial charge on any atom is -0.497 e. The number of hydrogen-bond acceptors (Lipinski definition) is 6. The fourth-order valence-electron chi connectivity index (χ4n) is 2.21.